The van der Waals surface area contributed by atoms with Gasteiger partial charge in [-0.1, -0.05) is 12.1 Å². The molecule has 0 unspecified atom stereocenters. The van der Waals surface area contributed by atoms with Crippen molar-refractivity contribution in [3.05, 3.63) is 30.3 Å². The van der Waals surface area contributed by atoms with Crippen molar-refractivity contribution in [1.82, 2.24) is 4.31 Å². The average Bonchev–Trinajstić information content (AvgIpc) is 2.17. The zero-order chi connectivity index (χ0) is 12.3. The first kappa shape index (κ1) is 13.2. The van der Waals surface area contributed by atoms with Gasteiger partial charge in [0.15, 0.2) is 0 Å². The molecule has 0 saturated heterocycles. The first-order valence-corrected chi connectivity index (χ1v) is 6.81. The first-order valence-electron chi connectivity index (χ1n) is 5.37. The van der Waals surface area contributed by atoms with Gasteiger partial charge in [0.2, 0.25) is 10.0 Å². The van der Waals surface area contributed by atoms with Crippen LogP contribution >= 0.6 is 0 Å². The zero-order valence-corrected chi connectivity index (χ0v) is 11.0. The van der Waals surface area contributed by atoms with Gasteiger partial charge in [0.1, 0.15) is 0 Å². The van der Waals surface area contributed by atoms with Crippen molar-refractivity contribution < 1.29 is 8.42 Å². The smallest absolute Gasteiger partial charge is 0.207 e. The van der Waals surface area contributed by atoms with E-state index in [4.69, 9.17) is 0 Å². The third-order valence-corrected chi connectivity index (χ3v) is 4.55. The van der Waals surface area contributed by atoms with Crippen LogP contribution < -0.4 is 0 Å². The van der Waals surface area contributed by atoms with Crippen molar-refractivity contribution in [3.63, 3.8) is 0 Å². The average molecular weight is 240 g/mol. The molecule has 0 saturated carbocycles. The Morgan fingerprint density at radius 1 is 1.06 bits per heavy atom. The van der Waals surface area contributed by atoms with Crippen molar-refractivity contribution in [2.75, 3.05) is 0 Å². The van der Waals surface area contributed by atoms with Crippen LogP contribution in [0.5, 0.6) is 0 Å². The third kappa shape index (κ3) is 2.62. The highest BCUT2D eigenvalue weighted by Gasteiger charge is 2.28. The highest BCUT2D eigenvalue weighted by molar-refractivity contribution is 7.89. The Balaban J connectivity index is 3.20. The van der Waals surface area contributed by atoms with E-state index < -0.39 is 10.0 Å². The van der Waals surface area contributed by atoms with E-state index in [2.05, 4.69) is 6.07 Å². The Morgan fingerprint density at radius 3 is 1.88 bits per heavy atom. The number of hydrogen-bond donors (Lipinski definition) is 0. The SMILES string of the molecule is CC(C)N(C(C)C)S(=O)(=O)c1cc[c]cc1. The van der Waals surface area contributed by atoms with E-state index in [-0.39, 0.29) is 12.1 Å². The Morgan fingerprint density at radius 2 is 1.50 bits per heavy atom. The van der Waals surface area contributed by atoms with Crippen LogP contribution in [0, 0.1) is 6.07 Å². The Hall–Kier alpha value is -0.870. The second-order valence-electron chi connectivity index (χ2n) is 4.26. The molecular weight excluding hydrogens is 222 g/mol. The van der Waals surface area contributed by atoms with Crippen molar-refractivity contribution in [2.45, 2.75) is 44.7 Å². The van der Waals surface area contributed by atoms with E-state index in [1.54, 1.807) is 24.3 Å². The van der Waals surface area contributed by atoms with E-state index in [1.807, 2.05) is 27.7 Å². The molecule has 0 spiro atoms. The number of benzene rings is 1. The molecule has 0 heterocycles. The Kier molecular flexibility index (Phi) is 4.10. The largest absolute Gasteiger partial charge is 0.243 e. The van der Waals surface area contributed by atoms with Crippen molar-refractivity contribution in [2.24, 2.45) is 0 Å². The molecule has 3 nitrogen and oxygen atoms in total. The summed E-state index contributed by atoms with van der Waals surface area (Å²) in [4.78, 5) is 0.327. The summed E-state index contributed by atoms with van der Waals surface area (Å²) in [6.45, 7) is 7.53. The van der Waals surface area contributed by atoms with Gasteiger partial charge in [0.05, 0.1) is 4.90 Å². The molecule has 0 aliphatic heterocycles. The number of sulfonamides is 1. The lowest BCUT2D eigenvalue weighted by atomic mass is 10.3. The predicted octanol–water partition coefficient (Wildman–Crippen LogP) is 2.29. The van der Waals surface area contributed by atoms with Crippen LogP contribution in [0.2, 0.25) is 0 Å². The van der Waals surface area contributed by atoms with Crippen molar-refractivity contribution in [3.8, 4) is 0 Å². The molecule has 1 radical (unpaired) electrons. The summed E-state index contributed by atoms with van der Waals surface area (Å²) in [5.74, 6) is 0. The molecule has 4 heteroatoms. The van der Waals surface area contributed by atoms with E-state index in [0.717, 1.165) is 0 Å². The van der Waals surface area contributed by atoms with Gasteiger partial charge in [0, 0.05) is 12.1 Å². The van der Waals surface area contributed by atoms with Crippen LogP contribution in [-0.2, 0) is 10.0 Å². The molecule has 0 N–H and O–H groups in total. The summed E-state index contributed by atoms with van der Waals surface area (Å²) < 4.78 is 26.2. The van der Waals surface area contributed by atoms with Gasteiger partial charge in [0.25, 0.3) is 0 Å². The van der Waals surface area contributed by atoms with Gasteiger partial charge in [-0.25, -0.2) is 8.42 Å². The minimum atomic E-state index is -3.39. The number of rotatable bonds is 4. The zero-order valence-electron chi connectivity index (χ0n) is 10.1. The lowest BCUT2D eigenvalue weighted by Gasteiger charge is -2.29. The van der Waals surface area contributed by atoms with Gasteiger partial charge in [-0.3, -0.25) is 0 Å². The van der Waals surface area contributed by atoms with Crippen LogP contribution in [0.25, 0.3) is 0 Å². The molecule has 0 aliphatic rings. The van der Waals surface area contributed by atoms with E-state index in [0.29, 0.717) is 4.90 Å². The summed E-state index contributed by atoms with van der Waals surface area (Å²) in [5.41, 5.74) is 0. The molecular formula is C12H18NO2S. The molecule has 1 rings (SSSR count). The maximum absolute atomic E-state index is 12.3. The van der Waals surface area contributed by atoms with Gasteiger partial charge < -0.3 is 0 Å². The van der Waals surface area contributed by atoms with Gasteiger partial charge in [-0.05, 0) is 45.9 Å². The van der Waals surface area contributed by atoms with Crippen LogP contribution in [0.4, 0.5) is 0 Å². The van der Waals surface area contributed by atoms with Crippen LogP contribution in [0.3, 0.4) is 0 Å². The molecule has 89 valence electrons. The van der Waals surface area contributed by atoms with Gasteiger partial charge >= 0.3 is 0 Å². The highest BCUT2D eigenvalue weighted by atomic mass is 32.2. The van der Waals surface area contributed by atoms with E-state index >= 15 is 0 Å². The second kappa shape index (κ2) is 4.97. The van der Waals surface area contributed by atoms with E-state index in [1.165, 1.54) is 4.31 Å². The molecule has 1 aromatic rings. The maximum atomic E-state index is 12.3. The summed E-state index contributed by atoms with van der Waals surface area (Å²) in [6, 6.07) is 9.11. The van der Waals surface area contributed by atoms with Crippen LogP contribution in [-0.4, -0.2) is 24.8 Å². The molecule has 16 heavy (non-hydrogen) atoms. The van der Waals surface area contributed by atoms with Gasteiger partial charge in [-0.15, -0.1) is 0 Å². The molecule has 0 amide bonds. The van der Waals surface area contributed by atoms with E-state index in [9.17, 15) is 8.42 Å². The fourth-order valence-corrected chi connectivity index (χ4v) is 3.65. The molecule has 0 aromatic heterocycles. The summed E-state index contributed by atoms with van der Waals surface area (Å²) in [7, 11) is -3.39. The fraction of sp³-hybridized carbons (Fsp3) is 0.500. The summed E-state index contributed by atoms with van der Waals surface area (Å²) in [6.07, 6.45) is 0. The maximum Gasteiger partial charge on any atom is 0.243 e. The minimum absolute atomic E-state index is 0.0471. The third-order valence-electron chi connectivity index (χ3n) is 2.28. The molecule has 0 aliphatic carbocycles. The van der Waals surface area contributed by atoms with Crippen molar-refractivity contribution in [1.29, 1.82) is 0 Å². The Bertz CT molecular complexity index is 416. The molecule has 1 aromatic carbocycles. The topological polar surface area (TPSA) is 37.4 Å². The first-order chi connectivity index (χ1) is 7.37. The van der Waals surface area contributed by atoms with Crippen LogP contribution in [0.15, 0.2) is 29.2 Å². The minimum Gasteiger partial charge on any atom is -0.207 e. The highest BCUT2D eigenvalue weighted by Crippen LogP contribution is 2.20. The van der Waals surface area contributed by atoms with Crippen LogP contribution in [0.1, 0.15) is 27.7 Å². The number of nitrogens with zero attached hydrogens (tertiary/aromatic N) is 1. The second-order valence-corrected chi connectivity index (χ2v) is 6.10. The quantitative estimate of drug-likeness (QED) is 0.809. The molecule has 0 fully saturated rings. The monoisotopic (exact) mass is 240 g/mol. The fourth-order valence-electron chi connectivity index (χ4n) is 1.82. The predicted molar refractivity (Wildman–Crippen MR) is 64.6 cm³/mol. The molecule has 0 bridgehead atoms. The van der Waals surface area contributed by atoms with Gasteiger partial charge in [-0.2, -0.15) is 4.31 Å². The molecule has 0 atom stereocenters. The standard InChI is InChI=1S/C12H18NO2S/c1-10(2)13(11(3)4)16(14,15)12-8-6-5-7-9-12/h6-11H,1-4H3. The van der Waals surface area contributed by atoms with Crippen molar-refractivity contribution >= 4 is 10.0 Å². The number of hydrogen-bond acceptors (Lipinski definition) is 2. The lowest BCUT2D eigenvalue weighted by Crippen LogP contribution is -2.41. The summed E-state index contributed by atoms with van der Waals surface area (Å²) in [5, 5.41) is 0. The normalized spacial score (nSPS) is 12.7. The Labute approximate surface area is 98.1 Å². The summed E-state index contributed by atoms with van der Waals surface area (Å²) >= 11 is 0. The lowest BCUT2D eigenvalue weighted by molar-refractivity contribution is 0.302.